The lowest BCUT2D eigenvalue weighted by Crippen LogP contribution is -2.45. The first-order valence-electron chi connectivity index (χ1n) is 6.43. The predicted molar refractivity (Wildman–Crippen MR) is 75.4 cm³/mol. The van der Waals surface area contributed by atoms with Gasteiger partial charge in [0.15, 0.2) is 0 Å². The largest absolute Gasteiger partial charge is 0.314 e. The van der Waals surface area contributed by atoms with Gasteiger partial charge in [0.2, 0.25) is 0 Å². The van der Waals surface area contributed by atoms with Gasteiger partial charge in [-0.05, 0) is 37.9 Å². The van der Waals surface area contributed by atoms with Crippen LogP contribution in [0.3, 0.4) is 0 Å². The van der Waals surface area contributed by atoms with Gasteiger partial charge in [-0.2, -0.15) is 0 Å². The molecule has 2 N–H and O–H groups in total. The third kappa shape index (κ3) is 4.88. The molecule has 17 heavy (non-hydrogen) atoms. The lowest BCUT2D eigenvalue weighted by atomic mass is 10.0. The third-order valence-corrected chi connectivity index (χ3v) is 3.22. The van der Waals surface area contributed by atoms with Gasteiger partial charge in [-0.25, -0.2) is 0 Å². The fourth-order valence-electron chi connectivity index (χ4n) is 1.63. The molecule has 2 heteroatoms. The highest BCUT2D eigenvalue weighted by atomic mass is 15.0. The van der Waals surface area contributed by atoms with Crippen molar-refractivity contribution in [3.05, 3.63) is 35.4 Å². The van der Waals surface area contributed by atoms with Crippen molar-refractivity contribution in [2.75, 3.05) is 13.6 Å². The molecule has 0 aliphatic carbocycles. The second-order valence-corrected chi connectivity index (χ2v) is 5.63. The van der Waals surface area contributed by atoms with Gasteiger partial charge >= 0.3 is 0 Å². The zero-order valence-electron chi connectivity index (χ0n) is 11.8. The first-order chi connectivity index (χ1) is 7.94. The standard InChI is InChI=1S/C15H26N2/c1-12(2)14-8-6-13(7-9-14)10-17-11-15(3,4)16-5/h6-9,12,16-17H,10-11H2,1-5H3. The van der Waals surface area contributed by atoms with Crippen LogP contribution in [0.25, 0.3) is 0 Å². The Morgan fingerprint density at radius 3 is 2.18 bits per heavy atom. The molecule has 0 aliphatic heterocycles. The number of nitrogens with one attached hydrogen (secondary N) is 2. The lowest BCUT2D eigenvalue weighted by molar-refractivity contribution is 0.393. The van der Waals surface area contributed by atoms with Crippen molar-refractivity contribution in [2.24, 2.45) is 0 Å². The molecule has 0 radical (unpaired) electrons. The fraction of sp³-hybridized carbons (Fsp3) is 0.600. The molecule has 0 heterocycles. The molecule has 96 valence electrons. The Bertz CT molecular complexity index is 325. The Labute approximate surface area is 106 Å². The summed E-state index contributed by atoms with van der Waals surface area (Å²) in [6.45, 7) is 10.7. The van der Waals surface area contributed by atoms with E-state index >= 15 is 0 Å². The number of rotatable bonds is 6. The molecule has 0 aromatic heterocycles. The summed E-state index contributed by atoms with van der Waals surface area (Å²) in [5.41, 5.74) is 2.91. The van der Waals surface area contributed by atoms with Crippen LogP contribution in [0, 0.1) is 0 Å². The third-order valence-electron chi connectivity index (χ3n) is 3.22. The Hall–Kier alpha value is -0.860. The van der Waals surface area contributed by atoms with Gasteiger partial charge in [-0.3, -0.25) is 0 Å². The molecule has 0 amide bonds. The van der Waals surface area contributed by atoms with Crippen LogP contribution in [-0.4, -0.2) is 19.1 Å². The minimum absolute atomic E-state index is 0.151. The van der Waals surface area contributed by atoms with Crippen molar-refractivity contribution in [1.82, 2.24) is 10.6 Å². The Morgan fingerprint density at radius 2 is 1.71 bits per heavy atom. The number of benzene rings is 1. The Balaban J connectivity index is 2.42. The first-order valence-corrected chi connectivity index (χ1v) is 6.43. The average molecular weight is 234 g/mol. The Kier molecular flexibility index (Phi) is 5.16. The summed E-state index contributed by atoms with van der Waals surface area (Å²) in [5, 5.41) is 6.77. The van der Waals surface area contributed by atoms with Gasteiger partial charge in [-0.15, -0.1) is 0 Å². The van der Waals surface area contributed by atoms with E-state index in [2.05, 4.69) is 62.6 Å². The number of likely N-dealkylation sites (N-methyl/N-ethyl adjacent to an activating group) is 1. The summed E-state index contributed by atoms with van der Waals surface area (Å²) in [4.78, 5) is 0. The second kappa shape index (κ2) is 6.18. The summed E-state index contributed by atoms with van der Waals surface area (Å²) >= 11 is 0. The molecule has 0 fully saturated rings. The molecular formula is C15H26N2. The molecule has 0 spiro atoms. The van der Waals surface area contributed by atoms with E-state index < -0.39 is 0 Å². The highest BCUT2D eigenvalue weighted by Gasteiger charge is 2.13. The molecule has 0 atom stereocenters. The second-order valence-electron chi connectivity index (χ2n) is 5.63. The van der Waals surface area contributed by atoms with Crippen LogP contribution in [0.5, 0.6) is 0 Å². The minimum Gasteiger partial charge on any atom is -0.314 e. The summed E-state index contributed by atoms with van der Waals surface area (Å²) in [6.07, 6.45) is 0. The van der Waals surface area contributed by atoms with E-state index in [0.717, 1.165) is 13.1 Å². The van der Waals surface area contributed by atoms with E-state index in [1.807, 2.05) is 7.05 Å². The van der Waals surface area contributed by atoms with Crippen molar-refractivity contribution < 1.29 is 0 Å². The van der Waals surface area contributed by atoms with Crippen molar-refractivity contribution in [3.63, 3.8) is 0 Å². The van der Waals surface area contributed by atoms with E-state index in [-0.39, 0.29) is 5.54 Å². The van der Waals surface area contributed by atoms with E-state index in [1.165, 1.54) is 11.1 Å². The lowest BCUT2D eigenvalue weighted by Gasteiger charge is -2.24. The minimum atomic E-state index is 0.151. The maximum Gasteiger partial charge on any atom is 0.0246 e. The molecule has 0 unspecified atom stereocenters. The maximum absolute atomic E-state index is 3.48. The maximum atomic E-state index is 3.48. The Morgan fingerprint density at radius 1 is 1.12 bits per heavy atom. The number of hydrogen-bond acceptors (Lipinski definition) is 2. The van der Waals surface area contributed by atoms with Crippen LogP contribution in [-0.2, 0) is 6.54 Å². The van der Waals surface area contributed by atoms with Crippen LogP contribution in [0.1, 0.15) is 44.7 Å². The van der Waals surface area contributed by atoms with E-state index in [4.69, 9.17) is 0 Å². The van der Waals surface area contributed by atoms with Gasteiger partial charge in [0.05, 0.1) is 0 Å². The topological polar surface area (TPSA) is 24.1 Å². The summed E-state index contributed by atoms with van der Waals surface area (Å²) < 4.78 is 0. The highest BCUT2D eigenvalue weighted by Crippen LogP contribution is 2.14. The van der Waals surface area contributed by atoms with Crippen molar-refractivity contribution >= 4 is 0 Å². The molecule has 1 aromatic carbocycles. The molecule has 1 aromatic rings. The monoisotopic (exact) mass is 234 g/mol. The molecule has 1 rings (SSSR count). The first kappa shape index (κ1) is 14.2. The van der Waals surface area contributed by atoms with Gasteiger partial charge in [0.1, 0.15) is 0 Å². The summed E-state index contributed by atoms with van der Waals surface area (Å²) in [6, 6.07) is 8.89. The normalized spacial score (nSPS) is 12.1. The SMILES string of the molecule is CNC(C)(C)CNCc1ccc(C(C)C)cc1. The van der Waals surface area contributed by atoms with E-state index in [0.29, 0.717) is 5.92 Å². The van der Waals surface area contributed by atoms with Crippen molar-refractivity contribution in [1.29, 1.82) is 0 Å². The van der Waals surface area contributed by atoms with Crippen LogP contribution in [0.15, 0.2) is 24.3 Å². The quantitative estimate of drug-likeness (QED) is 0.791. The van der Waals surface area contributed by atoms with Crippen molar-refractivity contribution in [2.45, 2.75) is 45.7 Å². The van der Waals surface area contributed by atoms with E-state index in [9.17, 15) is 0 Å². The molecule has 0 saturated carbocycles. The predicted octanol–water partition coefficient (Wildman–Crippen LogP) is 2.90. The highest BCUT2D eigenvalue weighted by molar-refractivity contribution is 5.24. The van der Waals surface area contributed by atoms with Gasteiger partial charge in [0, 0.05) is 18.6 Å². The van der Waals surface area contributed by atoms with E-state index in [1.54, 1.807) is 0 Å². The number of hydrogen-bond donors (Lipinski definition) is 2. The average Bonchev–Trinajstić information content (AvgIpc) is 2.29. The zero-order valence-corrected chi connectivity index (χ0v) is 11.8. The zero-order chi connectivity index (χ0) is 12.9. The fourth-order valence-corrected chi connectivity index (χ4v) is 1.63. The van der Waals surface area contributed by atoms with Crippen LogP contribution >= 0.6 is 0 Å². The molecule has 0 saturated heterocycles. The van der Waals surface area contributed by atoms with Crippen LogP contribution in [0.2, 0.25) is 0 Å². The molecule has 0 aliphatic rings. The van der Waals surface area contributed by atoms with Gasteiger partial charge < -0.3 is 10.6 Å². The smallest absolute Gasteiger partial charge is 0.0246 e. The molecule has 0 bridgehead atoms. The van der Waals surface area contributed by atoms with Crippen LogP contribution < -0.4 is 10.6 Å². The summed E-state index contributed by atoms with van der Waals surface area (Å²) in [7, 11) is 2.00. The van der Waals surface area contributed by atoms with Gasteiger partial charge in [0.25, 0.3) is 0 Å². The summed E-state index contributed by atoms with van der Waals surface area (Å²) in [5.74, 6) is 0.611. The van der Waals surface area contributed by atoms with Crippen LogP contribution in [0.4, 0.5) is 0 Å². The molecular weight excluding hydrogens is 208 g/mol. The van der Waals surface area contributed by atoms with Gasteiger partial charge in [-0.1, -0.05) is 38.1 Å². The van der Waals surface area contributed by atoms with Crippen molar-refractivity contribution in [3.8, 4) is 0 Å². The molecule has 2 nitrogen and oxygen atoms in total.